The minimum atomic E-state index is 0.464. The molecule has 0 atom stereocenters. The third-order valence-corrected chi connectivity index (χ3v) is 2.18. The molecule has 78 valence electrons. The van der Waals surface area contributed by atoms with Gasteiger partial charge < -0.3 is 10.2 Å². The summed E-state index contributed by atoms with van der Waals surface area (Å²) in [5.41, 5.74) is 0. The Hall–Kier alpha value is -1.03. The van der Waals surface area contributed by atoms with Gasteiger partial charge in [-0.05, 0) is 13.8 Å². The van der Waals surface area contributed by atoms with E-state index < -0.39 is 0 Å². The molecule has 0 amide bonds. The van der Waals surface area contributed by atoms with Gasteiger partial charge >= 0.3 is 0 Å². The normalized spacial score (nSPS) is 10.0. The molecule has 0 aromatic carbocycles. The molecule has 0 saturated heterocycles. The Balaban J connectivity index is 3.01. The van der Waals surface area contributed by atoms with Gasteiger partial charge in [0.1, 0.15) is 11.0 Å². The van der Waals surface area contributed by atoms with Gasteiger partial charge in [-0.3, -0.25) is 0 Å². The van der Waals surface area contributed by atoms with Crippen LogP contribution < -0.4 is 10.2 Å². The highest BCUT2D eigenvalue weighted by Gasteiger charge is 2.07. The monoisotopic (exact) mass is 214 g/mol. The fourth-order valence-corrected chi connectivity index (χ4v) is 1.36. The van der Waals surface area contributed by atoms with Gasteiger partial charge in [0.25, 0.3) is 0 Å². The molecule has 1 heterocycles. The van der Waals surface area contributed by atoms with Crippen molar-refractivity contribution in [1.29, 1.82) is 0 Å². The molecule has 1 N–H and O–H groups in total. The first-order valence-electron chi connectivity index (χ1n) is 4.68. The fourth-order valence-electron chi connectivity index (χ4n) is 1.18. The summed E-state index contributed by atoms with van der Waals surface area (Å²) in [6.07, 6.45) is 0. The molecule has 0 spiro atoms. The number of rotatable bonds is 4. The minimum Gasteiger partial charge on any atom is -0.373 e. The summed E-state index contributed by atoms with van der Waals surface area (Å²) in [5, 5.41) is 3.41. The lowest BCUT2D eigenvalue weighted by atomic mass is 10.5. The second kappa shape index (κ2) is 5.00. The lowest BCUT2D eigenvalue weighted by molar-refractivity contribution is 0.822. The molecule has 0 radical (unpaired) electrons. The summed E-state index contributed by atoms with van der Waals surface area (Å²) in [7, 11) is 1.81. The number of hydrogen-bond acceptors (Lipinski definition) is 4. The van der Waals surface area contributed by atoms with Gasteiger partial charge in [0, 0.05) is 26.2 Å². The first kappa shape index (κ1) is 11.0. The Morgan fingerprint density at radius 3 is 2.50 bits per heavy atom. The number of halogens is 1. The average molecular weight is 215 g/mol. The summed E-state index contributed by atoms with van der Waals surface area (Å²) in [6.45, 7) is 5.87. The summed E-state index contributed by atoms with van der Waals surface area (Å²) in [6, 6.07) is 1.70. The molecule has 14 heavy (non-hydrogen) atoms. The van der Waals surface area contributed by atoms with Gasteiger partial charge in [-0.1, -0.05) is 11.6 Å². The number of nitrogens with one attached hydrogen (secondary N) is 1. The Morgan fingerprint density at radius 2 is 2.00 bits per heavy atom. The zero-order valence-corrected chi connectivity index (χ0v) is 9.47. The molecule has 5 heteroatoms. The van der Waals surface area contributed by atoms with Crippen molar-refractivity contribution in [2.24, 2.45) is 0 Å². The van der Waals surface area contributed by atoms with Gasteiger partial charge in [0.15, 0.2) is 0 Å². The van der Waals surface area contributed by atoms with E-state index >= 15 is 0 Å². The second-order valence-electron chi connectivity index (χ2n) is 2.80. The van der Waals surface area contributed by atoms with Crippen LogP contribution in [0.15, 0.2) is 6.07 Å². The van der Waals surface area contributed by atoms with Crippen molar-refractivity contribution >= 4 is 23.4 Å². The van der Waals surface area contributed by atoms with E-state index in [1.54, 1.807) is 6.07 Å². The smallest absolute Gasteiger partial charge is 0.228 e. The number of aromatic nitrogens is 2. The van der Waals surface area contributed by atoms with Crippen LogP contribution in [-0.4, -0.2) is 30.1 Å². The zero-order valence-electron chi connectivity index (χ0n) is 8.71. The lowest BCUT2D eigenvalue weighted by Crippen LogP contribution is -2.24. The maximum absolute atomic E-state index is 5.87. The van der Waals surface area contributed by atoms with Gasteiger partial charge in [-0.25, -0.2) is 4.98 Å². The Morgan fingerprint density at radius 1 is 1.36 bits per heavy atom. The molecule has 0 aliphatic heterocycles. The summed E-state index contributed by atoms with van der Waals surface area (Å²) in [5.74, 6) is 1.42. The van der Waals surface area contributed by atoms with Gasteiger partial charge in [0.2, 0.25) is 5.95 Å². The van der Waals surface area contributed by atoms with Crippen molar-refractivity contribution in [3.63, 3.8) is 0 Å². The minimum absolute atomic E-state index is 0.464. The lowest BCUT2D eigenvalue weighted by Gasteiger charge is -2.18. The van der Waals surface area contributed by atoms with E-state index in [1.165, 1.54) is 0 Å². The average Bonchev–Trinajstić information content (AvgIpc) is 2.19. The van der Waals surface area contributed by atoms with E-state index in [9.17, 15) is 0 Å². The topological polar surface area (TPSA) is 41.1 Å². The van der Waals surface area contributed by atoms with Crippen molar-refractivity contribution in [3.05, 3.63) is 11.2 Å². The third kappa shape index (κ3) is 2.48. The summed E-state index contributed by atoms with van der Waals surface area (Å²) < 4.78 is 0. The van der Waals surface area contributed by atoms with Crippen LogP contribution in [0.5, 0.6) is 0 Å². The van der Waals surface area contributed by atoms with Crippen molar-refractivity contribution in [2.75, 3.05) is 30.4 Å². The van der Waals surface area contributed by atoms with Crippen LogP contribution in [-0.2, 0) is 0 Å². The van der Waals surface area contributed by atoms with E-state index in [0.717, 1.165) is 18.9 Å². The van der Waals surface area contributed by atoms with Crippen LogP contribution in [0.2, 0.25) is 5.15 Å². The maximum Gasteiger partial charge on any atom is 0.228 e. The van der Waals surface area contributed by atoms with Crippen LogP contribution >= 0.6 is 11.6 Å². The molecule has 0 fully saturated rings. The fraction of sp³-hybridized carbons (Fsp3) is 0.556. The molecule has 1 aromatic rings. The van der Waals surface area contributed by atoms with Gasteiger partial charge in [-0.2, -0.15) is 4.98 Å². The Kier molecular flexibility index (Phi) is 3.95. The van der Waals surface area contributed by atoms with E-state index in [-0.39, 0.29) is 0 Å². The highest BCUT2D eigenvalue weighted by Crippen LogP contribution is 2.16. The van der Waals surface area contributed by atoms with Crippen LogP contribution in [0, 0.1) is 0 Å². The van der Waals surface area contributed by atoms with Crippen LogP contribution in [0.1, 0.15) is 13.8 Å². The molecular formula is C9H15ClN4. The van der Waals surface area contributed by atoms with Crippen molar-refractivity contribution in [1.82, 2.24) is 9.97 Å². The molecule has 4 nitrogen and oxygen atoms in total. The van der Waals surface area contributed by atoms with E-state index in [2.05, 4.69) is 29.1 Å². The Labute approximate surface area is 89.3 Å². The number of hydrogen-bond donors (Lipinski definition) is 1. The molecule has 0 aliphatic carbocycles. The molecule has 1 aromatic heterocycles. The number of nitrogens with zero attached hydrogens (tertiary/aromatic N) is 3. The highest BCUT2D eigenvalue weighted by molar-refractivity contribution is 6.29. The first-order chi connectivity index (χ1) is 6.71. The Bertz CT molecular complexity index is 299. The molecule has 0 unspecified atom stereocenters. The molecule has 0 saturated carbocycles. The van der Waals surface area contributed by atoms with Gasteiger partial charge in [-0.15, -0.1) is 0 Å². The maximum atomic E-state index is 5.87. The highest BCUT2D eigenvalue weighted by atomic mass is 35.5. The van der Waals surface area contributed by atoms with Gasteiger partial charge in [0.05, 0.1) is 0 Å². The van der Waals surface area contributed by atoms with Crippen LogP contribution in [0.3, 0.4) is 0 Å². The summed E-state index contributed by atoms with van der Waals surface area (Å²) >= 11 is 5.87. The quantitative estimate of drug-likeness (QED) is 0.779. The van der Waals surface area contributed by atoms with Crippen LogP contribution in [0.4, 0.5) is 11.8 Å². The second-order valence-corrected chi connectivity index (χ2v) is 3.19. The SMILES string of the molecule is CCN(CC)c1nc(Cl)cc(NC)n1. The molecular weight excluding hydrogens is 200 g/mol. The first-order valence-corrected chi connectivity index (χ1v) is 5.06. The standard InChI is InChI=1S/C9H15ClN4/c1-4-14(5-2)9-12-7(10)6-8(11-3)13-9/h6H,4-5H2,1-3H3,(H,11,12,13). The van der Waals surface area contributed by atoms with E-state index in [1.807, 2.05) is 11.9 Å². The largest absolute Gasteiger partial charge is 0.373 e. The predicted molar refractivity (Wildman–Crippen MR) is 60.1 cm³/mol. The molecule has 0 aliphatic rings. The van der Waals surface area contributed by atoms with E-state index in [0.29, 0.717) is 11.1 Å². The molecule has 0 bridgehead atoms. The predicted octanol–water partition coefficient (Wildman–Crippen LogP) is 2.02. The third-order valence-electron chi connectivity index (χ3n) is 1.99. The molecule has 1 rings (SSSR count). The van der Waals surface area contributed by atoms with Crippen LogP contribution in [0.25, 0.3) is 0 Å². The van der Waals surface area contributed by atoms with Crippen molar-refractivity contribution in [2.45, 2.75) is 13.8 Å². The van der Waals surface area contributed by atoms with Crippen molar-refractivity contribution in [3.8, 4) is 0 Å². The summed E-state index contributed by atoms with van der Waals surface area (Å²) in [4.78, 5) is 10.5. The van der Waals surface area contributed by atoms with E-state index in [4.69, 9.17) is 11.6 Å². The number of anilines is 2. The zero-order chi connectivity index (χ0) is 10.6. The van der Waals surface area contributed by atoms with Crippen molar-refractivity contribution < 1.29 is 0 Å².